The van der Waals surface area contributed by atoms with Gasteiger partial charge < -0.3 is 4.90 Å². The smallest absolute Gasteiger partial charge is 0.261 e. The van der Waals surface area contributed by atoms with E-state index in [1.807, 2.05) is 0 Å². The summed E-state index contributed by atoms with van der Waals surface area (Å²) in [5, 5.41) is 4.99. The Morgan fingerprint density at radius 1 is 0.931 bits per heavy atom. The third-order valence-corrected chi connectivity index (χ3v) is 8.28. The van der Waals surface area contributed by atoms with Crippen molar-refractivity contribution >= 4 is 41.3 Å². The van der Waals surface area contributed by atoms with E-state index in [0.717, 1.165) is 30.3 Å². The highest BCUT2D eigenvalue weighted by atomic mass is 32.2. The van der Waals surface area contributed by atoms with Gasteiger partial charge in [0.2, 0.25) is 10.0 Å². The Morgan fingerprint density at radius 2 is 1.48 bits per heavy atom. The van der Waals surface area contributed by atoms with Gasteiger partial charge in [-0.3, -0.25) is 4.72 Å². The van der Waals surface area contributed by atoms with Crippen LogP contribution < -0.4 is 14.8 Å². The van der Waals surface area contributed by atoms with Crippen molar-refractivity contribution < 1.29 is 29.6 Å². The summed E-state index contributed by atoms with van der Waals surface area (Å²) in [5.41, 5.74) is 0.162. The average Bonchev–Trinajstić information content (AvgIpc) is 2.63. The monoisotopic (exact) mass is 463 g/mol. The number of nitrogens with one attached hydrogen (secondary N) is 1. The number of primary sulfonamides is 1. The summed E-state index contributed by atoms with van der Waals surface area (Å²) in [6.07, 6.45) is 0. The lowest BCUT2D eigenvalue weighted by Gasteiger charge is -2.29. The standard InChI is InChI=1S/C16H18FN3O6S3/c17-15-6-1-12(11-16(15)20-7-9-27(21,22)10-8-20)19-29(25,26)14-4-2-13(3-5-14)28(18,23)24/h1-6,11,19H,7-10H2,(H2,18,23,24). The number of benzene rings is 2. The first kappa shape index (κ1) is 21.5. The van der Waals surface area contributed by atoms with Crippen molar-refractivity contribution in [1.82, 2.24) is 0 Å². The van der Waals surface area contributed by atoms with Crippen LogP contribution >= 0.6 is 0 Å². The Morgan fingerprint density at radius 3 is 2.03 bits per heavy atom. The van der Waals surface area contributed by atoms with Crippen LogP contribution in [0.15, 0.2) is 52.3 Å². The highest BCUT2D eigenvalue weighted by molar-refractivity contribution is 7.92. The quantitative estimate of drug-likeness (QED) is 0.657. The maximum Gasteiger partial charge on any atom is 0.261 e. The number of sulfonamides is 2. The average molecular weight is 464 g/mol. The molecule has 158 valence electrons. The predicted molar refractivity (Wildman–Crippen MR) is 106 cm³/mol. The lowest BCUT2D eigenvalue weighted by molar-refractivity contribution is 0.581. The lowest BCUT2D eigenvalue weighted by Crippen LogP contribution is -2.40. The molecule has 3 rings (SSSR count). The lowest BCUT2D eigenvalue weighted by atomic mass is 10.2. The van der Waals surface area contributed by atoms with Gasteiger partial charge in [-0.2, -0.15) is 0 Å². The van der Waals surface area contributed by atoms with Gasteiger partial charge >= 0.3 is 0 Å². The normalized spacial score (nSPS) is 17.1. The Labute approximate surface area is 168 Å². The topological polar surface area (TPSA) is 144 Å². The van der Waals surface area contributed by atoms with Gasteiger partial charge in [0.05, 0.1) is 32.7 Å². The molecule has 29 heavy (non-hydrogen) atoms. The van der Waals surface area contributed by atoms with E-state index >= 15 is 0 Å². The SMILES string of the molecule is NS(=O)(=O)c1ccc(S(=O)(=O)Nc2ccc(F)c(N3CCS(=O)(=O)CC3)c2)cc1. The molecule has 0 bridgehead atoms. The summed E-state index contributed by atoms with van der Waals surface area (Å²) in [5.74, 6) is -0.831. The van der Waals surface area contributed by atoms with Gasteiger partial charge in [0.1, 0.15) is 5.82 Å². The highest BCUT2D eigenvalue weighted by Gasteiger charge is 2.24. The highest BCUT2D eigenvalue weighted by Crippen LogP contribution is 2.27. The number of halogens is 1. The zero-order valence-electron chi connectivity index (χ0n) is 14.9. The molecule has 0 aromatic heterocycles. The van der Waals surface area contributed by atoms with Crippen molar-refractivity contribution in [2.24, 2.45) is 5.14 Å². The van der Waals surface area contributed by atoms with Crippen LogP contribution in [0.5, 0.6) is 0 Å². The van der Waals surface area contributed by atoms with E-state index < -0.39 is 35.7 Å². The molecule has 0 radical (unpaired) electrons. The molecule has 1 aliphatic heterocycles. The van der Waals surface area contributed by atoms with Crippen molar-refractivity contribution in [2.75, 3.05) is 34.2 Å². The van der Waals surface area contributed by atoms with Crippen molar-refractivity contribution in [1.29, 1.82) is 0 Å². The van der Waals surface area contributed by atoms with Crippen LogP contribution in [0.1, 0.15) is 0 Å². The van der Waals surface area contributed by atoms with Crippen LogP contribution in [0, 0.1) is 5.82 Å². The van der Waals surface area contributed by atoms with E-state index in [0.29, 0.717) is 0 Å². The van der Waals surface area contributed by atoms with E-state index in [9.17, 15) is 29.6 Å². The molecule has 2 aromatic carbocycles. The molecule has 0 aliphatic carbocycles. The molecule has 0 spiro atoms. The largest absolute Gasteiger partial charge is 0.367 e. The van der Waals surface area contributed by atoms with E-state index in [1.54, 1.807) is 0 Å². The maximum atomic E-state index is 14.2. The second-order valence-electron chi connectivity index (χ2n) is 6.43. The second kappa shape index (κ2) is 7.55. The minimum atomic E-state index is -4.08. The molecule has 0 unspecified atom stereocenters. The third kappa shape index (κ3) is 5.04. The van der Waals surface area contributed by atoms with Gasteiger partial charge in [-0.25, -0.2) is 34.8 Å². The summed E-state index contributed by atoms with van der Waals surface area (Å²) in [6.45, 7) is 0.203. The van der Waals surface area contributed by atoms with E-state index in [2.05, 4.69) is 4.72 Å². The fraction of sp³-hybridized carbons (Fsp3) is 0.250. The number of hydrogen-bond donors (Lipinski definition) is 2. The first-order chi connectivity index (χ1) is 13.4. The molecule has 1 aliphatic rings. The van der Waals surface area contributed by atoms with Gasteiger partial charge in [0, 0.05) is 13.1 Å². The first-order valence-corrected chi connectivity index (χ1v) is 13.1. The Balaban J connectivity index is 1.84. The van der Waals surface area contributed by atoms with E-state index in [-0.39, 0.29) is 45.8 Å². The van der Waals surface area contributed by atoms with Gasteiger partial charge in [0.15, 0.2) is 9.84 Å². The summed E-state index contributed by atoms with van der Waals surface area (Å²) in [7, 11) is -11.2. The molecule has 0 atom stereocenters. The number of anilines is 2. The Kier molecular flexibility index (Phi) is 5.60. The molecule has 0 saturated carbocycles. The minimum absolute atomic E-state index is 0.0744. The van der Waals surface area contributed by atoms with Crippen molar-refractivity contribution in [3.05, 3.63) is 48.3 Å². The fourth-order valence-corrected chi connectivity index (χ4v) is 5.56. The van der Waals surface area contributed by atoms with E-state index in [4.69, 9.17) is 5.14 Å². The van der Waals surface area contributed by atoms with Gasteiger partial charge in [-0.15, -0.1) is 0 Å². The molecule has 1 heterocycles. The molecule has 1 saturated heterocycles. The second-order valence-corrected chi connectivity index (χ2v) is 12.0. The predicted octanol–water partition coefficient (Wildman–Crippen LogP) is 0.509. The molecular formula is C16H18FN3O6S3. The summed E-state index contributed by atoms with van der Waals surface area (Å²) < 4.78 is 87.3. The number of sulfone groups is 1. The first-order valence-electron chi connectivity index (χ1n) is 8.28. The number of hydrogen-bond acceptors (Lipinski definition) is 7. The van der Waals surface area contributed by atoms with Crippen LogP contribution in [0.2, 0.25) is 0 Å². The molecular weight excluding hydrogens is 445 g/mol. The summed E-state index contributed by atoms with van der Waals surface area (Å²) in [4.78, 5) is 1.09. The zero-order chi connectivity index (χ0) is 21.4. The van der Waals surface area contributed by atoms with Crippen molar-refractivity contribution in [3.8, 4) is 0 Å². The van der Waals surface area contributed by atoms with Gasteiger partial charge in [0.25, 0.3) is 10.0 Å². The van der Waals surface area contributed by atoms with Gasteiger partial charge in [-0.1, -0.05) is 0 Å². The maximum absolute atomic E-state index is 14.2. The number of rotatable bonds is 5. The third-order valence-electron chi connectivity index (χ3n) is 4.35. The van der Waals surface area contributed by atoms with Crippen LogP contribution in [0.25, 0.3) is 0 Å². The number of nitrogens with zero attached hydrogens (tertiary/aromatic N) is 1. The van der Waals surface area contributed by atoms with E-state index in [1.165, 1.54) is 17.0 Å². The van der Waals surface area contributed by atoms with Crippen LogP contribution in [-0.4, -0.2) is 49.8 Å². The van der Waals surface area contributed by atoms with Gasteiger partial charge in [-0.05, 0) is 42.5 Å². The van der Waals surface area contributed by atoms with Crippen molar-refractivity contribution in [2.45, 2.75) is 9.79 Å². The Bertz CT molecular complexity index is 1230. The molecule has 0 amide bonds. The summed E-state index contributed by atoms with van der Waals surface area (Å²) in [6, 6.07) is 7.89. The summed E-state index contributed by atoms with van der Waals surface area (Å²) >= 11 is 0. The fourth-order valence-electron chi connectivity index (χ4n) is 2.79. The van der Waals surface area contributed by atoms with Crippen LogP contribution in [0.4, 0.5) is 15.8 Å². The Hall–Kier alpha value is -2.22. The molecule has 1 fully saturated rings. The van der Waals surface area contributed by atoms with Crippen molar-refractivity contribution in [3.63, 3.8) is 0 Å². The minimum Gasteiger partial charge on any atom is -0.367 e. The zero-order valence-corrected chi connectivity index (χ0v) is 17.4. The molecule has 2 aromatic rings. The van der Waals surface area contributed by atoms with Crippen LogP contribution in [0.3, 0.4) is 0 Å². The van der Waals surface area contributed by atoms with Crippen LogP contribution in [-0.2, 0) is 29.9 Å². The molecule has 13 heteroatoms. The molecule has 9 nitrogen and oxygen atoms in total. The molecule has 3 N–H and O–H groups in total. The number of nitrogens with two attached hydrogens (primary N) is 1.